The van der Waals surface area contributed by atoms with E-state index in [1.54, 1.807) is 13.8 Å². The molecule has 0 aliphatic carbocycles. The Kier molecular flexibility index (Phi) is 6.51. The molecule has 2 aromatic carbocycles. The Morgan fingerprint density at radius 1 is 1.19 bits per heavy atom. The van der Waals surface area contributed by atoms with E-state index in [9.17, 15) is 15.2 Å². The summed E-state index contributed by atoms with van der Waals surface area (Å²) < 4.78 is 0. The summed E-state index contributed by atoms with van der Waals surface area (Å²) in [6.45, 7) is 5.57. The molecule has 0 spiro atoms. The number of benzene rings is 2. The van der Waals surface area contributed by atoms with Crippen LogP contribution in [0.3, 0.4) is 0 Å². The molecule has 0 bridgehead atoms. The van der Waals surface area contributed by atoms with Crippen molar-refractivity contribution in [2.24, 2.45) is 5.92 Å². The lowest BCUT2D eigenvalue weighted by atomic mass is 9.97. The molecular formula is C21H24N2O3. The maximum absolute atomic E-state index is 12.3. The molecule has 0 radical (unpaired) electrons. The van der Waals surface area contributed by atoms with Crippen LogP contribution in [0.15, 0.2) is 42.0 Å². The first kappa shape index (κ1) is 19.6. The lowest BCUT2D eigenvalue weighted by molar-refractivity contribution is -0.117. The van der Waals surface area contributed by atoms with Gasteiger partial charge in [0.1, 0.15) is 11.6 Å². The molecule has 2 atom stereocenters. The fraction of sp³-hybridized carbons (Fsp3) is 0.333. The predicted molar refractivity (Wildman–Crippen MR) is 102 cm³/mol. The van der Waals surface area contributed by atoms with Crippen LogP contribution in [0.25, 0.3) is 16.3 Å². The quantitative estimate of drug-likeness (QED) is 0.550. The van der Waals surface area contributed by atoms with Crippen molar-refractivity contribution in [3.63, 3.8) is 0 Å². The molecule has 3 N–H and O–H groups in total. The second-order valence-corrected chi connectivity index (χ2v) is 6.61. The molecule has 2 rings (SSSR count). The van der Waals surface area contributed by atoms with Gasteiger partial charge in [-0.2, -0.15) is 5.26 Å². The molecule has 5 nitrogen and oxygen atoms in total. The summed E-state index contributed by atoms with van der Waals surface area (Å²) in [6, 6.07) is 13.4. The van der Waals surface area contributed by atoms with E-state index in [0.29, 0.717) is 12.1 Å². The van der Waals surface area contributed by atoms with Crippen molar-refractivity contribution in [1.29, 1.82) is 5.26 Å². The Balaban J connectivity index is 2.34. The van der Waals surface area contributed by atoms with E-state index >= 15 is 0 Å². The molecule has 0 aliphatic heterocycles. The standard InChI is InChI=1S/C21H24N2O3/c1-13(12-24)11-23-21(26)20(10-22)14(2)16-4-6-19-9-17(15(3)25)5-7-18(19)8-16/h4-9,13,15,24-25H,11-12H2,1-3H3,(H,23,26)/b20-14+. The summed E-state index contributed by atoms with van der Waals surface area (Å²) >= 11 is 0. The van der Waals surface area contributed by atoms with Gasteiger partial charge in [0.25, 0.3) is 5.91 Å². The molecular weight excluding hydrogens is 328 g/mol. The molecule has 5 heteroatoms. The van der Waals surface area contributed by atoms with Gasteiger partial charge in [-0.3, -0.25) is 4.79 Å². The van der Waals surface area contributed by atoms with Gasteiger partial charge in [0, 0.05) is 13.2 Å². The third-order valence-corrected chi connectivity index (χ3v) is 4.42. The van der Waals surface area contributed by atoms with Gasteiger partial charge in [0.2, 0.25) is 0 Å². The smallest absolute Gasteiger partial charge is 0.262 e. The minimum Gasteiger partial charge on any atom is -0.396 e. The number of nitrogens with zero attached hydrogens (tertiary/aromatic N) is 1. The number of carbonyl (C=O) groups is 1. The topological polar surface area (TPSA) is 93.4 Å². The Morgan fingerprint density at radius 3 is 2.46 bits per heavy atom. The lowest BCUT2D eigenvalue weighted by Crippen LogP contribution is -2.30. The van der Waals surface area contributed by atoms with Gasteiger partial charge in [-0.15, -0.1) is 0 Å². The SMILES string of the molecule is C/C(=C(/C#N)C(=O)NCC(C)CO)c1ccc2cc(C(C)O)ccc2c1. The monoisotopic (exact) mass is 352 g/mol. The highest BCUT2D eigenvalue weighted by atomic mass is 16.3. The van der Waals surface area contributed by atoms with Crippen LogP contribution in [0.4, 0.5) is 0 Å². The number of nitrogens with one attached hydrogen (secondary N) is 1. The molecule has 1 amide bonds. The molecule has 26 heavy (non-hydrogen) atoms. The minimum atomic E-state index is -0.532. The average molecular weight is 352 g/mol. The normalized spacial score (nSPS) is 14.3. The predicted octanol–water partition coefficient (Wildman–Crippen LogP) is 2.93. The zero-order valence-electron chi connectivity index (χ0n) is 15.3. The first-order chi connectivity index (χ1) is 12.4. The van der Waals surface area contributed by atoms with Crippen molar-refractivity contribution in [1.82, 2.24) is 5.32 Å². The highest BCUT2D eigenvalue weighted by Gasteiger charge is 2.15. The summed E-state index contributed by atoms with van der Waals surface area (Å²) in [5, 5.41) is 32.8. The molecule has 0 aliphatic rings. The number of carbonyl (C=O) groups excluding carboxylic acids is 1. The van der Waals surface area contributed by atoms with Crippen LogP contribution in [0.5, 0.6) is 0 Å². The number of aliphatic hydroxyl groups is 2. The van der Waals surface area contributed by atoms with Crippen molar-refractivity contribution >= 4 is 22.3 Å². The van der Waals surface area contributed by atoms with E-state index in [0.717, 1.165) is 21.9 Å². The van der Waals surface area contributed by atoms with Gasteiger partial charge in [-0.25, -0.2) is 0 Å². The maximum Gasteiger partial charge on any atom is 0.262 e. The van der Waals surface area contributed by atoms with Crippen molar-refractivity contribution in [2.45, 2.75) is 26.9 Å². The number of rotatable bonds is 6. The average Bonchev–Trinajstić information content (AvgIpc) is 2.65. The van der Waals surface area contributed by atoms with E-state index in [4.69, 9.17) is 5.11 Å². The van der Waals surface area contributed by atoms with E-state index in [2.05, 4.69) is 5.32 Å². The molecule has 0 fully saturated rings. The van der Waals surface area contributed by atoms with Crippen LogP contribution in [0, 0.1) is 17.2 Å². The van der Waals surface area contributed by atoms with Crippen LogP contribution >= 0.6 is 0 Å². The Hall–Kier alpha value is -2.68. The molecule has 2 unspecified atom stereocenters. The third kappa shape index (κ3) is 4.48. The summed E-state index contributed by atoms with van der Waals surface area (Å²) in [6.07, 6.45) is -0.532. The minimum absolute atomic E-state index is 0.0238. The highest BCUT2D eigenvalue weighted by molar-refractivity contribution is 6.05. The molecule has 0 saturated carbocycles. The number of amides is 1. The fourth-order valence-electron chi connectivity index (χ4n) is 2.63. The Morgan fingerprint density at radius 2 is 1.85 bits per heavy atom. The Bertz CT molecular complexity index is 878. The van der Waals surface area contributed by atoms with Crippen molar-refractivity contribution in [3.05, 3.63) is 53.1 Å². The van der Waals surface area contributed by atoms with Crippen LogP contribution < -0.4 is 5.32 Å². The second-order valence-electron chi connectivity index (χ2n) is 6.61. The zero-order valence-corrected chi connectivity index (χ0v) is 15.3. The van der Waals surface area contributed by atoms with Gasteiger partial charge in [0.15, 0.2) is 0 Å². The highest BCUT2D eigenvalue weighted by Crippen LogP contribution is 2.25. The lowest BCUT2D eigenvalue weighted by Gasteiger charge is -2.12. The van der Waals surface area contributed by atoms with Gasteiger partial charge >= 0.3 is 0 Å². The molecule has 2 aromatic rings. The summed E-state index contributed by atoms with van der Waals surface area (Å²) in [5.41, 5.74) is 2.30. The summed E-state index contributed by atoms with van der Waals surface area (Å²) in [7, 11) is 0. The first-order valence-corrected chi connectivity index (χ1v) is 8.59. The zero-order chi connectivity index (χ0) is 19.3. The van der Waals surface area contributed by atoms with Crippen molar-refractivity contribution < 1.29 is 15.0 Å². The van der Waals surface area contributed by atoms with E-state index in [1.165, 1.54) is 0 Å². The number of hydrogen-bond acceptors (Lipinski definition) is 4. The molecule has 0 aromatic heterocycles. The Labute approximate surface area is 153 Å². The van der Waals surface area contributed by atoms with Gasteiger partial charge in [0.05, 0.1) is 6.10 Å². The third-order valence-electron chi connectivity index (χ3n) is 4.42. The molecule has 0 saturated heterocycles. The van der Waals surface area contributed by atoms with E-state index in [1.807, 2.05) is 49.4 Å². The van der Waals surface area contributed by atoms with Crippen molar-refractivity contribution in [3.8, 4) is 6.07 Å². The van der Waals surface area contributed by atoms with E-state index < -0.39 is 12.0 Å². The number of allylic oxidation sites excluding steroid dienone is 1. The second kappa shape index (κ2) is 8.61. The van der Waals surface area contributed by atoms with Crippen LogP contribution in [0.1, 0.15) is 38.0 Å². The van der Waals surface area contributed by atoms with Crippen LogP contribution in [-0.2, 0) is 4.79 Å². The first-order valence-electron chi connectivity index (χ1n) is 8.59. The van der Waals surface area contributed by atoms with Crippen LogP contribution in [0.2, 0.25) is 0 Å². The molecule has 0 heterocycles. The number of nitriles is 1. The van der Waals surface area contributed by atoms with Crippen LogP contribution in [-0.4, -0.2) is 29.3 Å². The molecule has 136 valence electrons. The van der Waals surface area contributed by atoms with Gasteiger partial charge in [-0.1, -0.05) is 31.2 Å². The van der Waals surface area contributed by atoms with Crippen molar-refractivity contribution in [2.75, 3.05) is 13.2 Å². The maximum atomic E-state index is 12.3. The number of hydrogen-bond donors (Lipinski definition) is 3. The summed E-state index contributed by atoms with van der Waals surface area (Å²) in [4.78, 5) is 12.3. The largest absolute Gasteiger partial charge is 0.396 e. The summed E-state index contributed by atoms with van der Waals surface area (Å²) in [5.74, 6) is -0.502. The number of fused-ring (bicyclic) bond motifs is 1. The van der Waals surface area contributed by atoms with Gasteiger partial charge in [-0.05, 0) is 59.4 Å². The fourth-order valence-corrected chi connectivity index (χ4v) is 2.63. The number of aliphatic hydroxyl groups excluding tert-OH is 2. The van der Waals surface area contributed by atoms with Gasteiger partial charge < -0.3 is 15.5 Å². The van der Waals surface area contributed by atoms with E-state index in [-0.39, 0.29) is 18.1 Å².